The third kappa shape index (κ3) is 4.29. The van der Waals surface area contributed by atoms with E-state index in [1.165, 1.54) is 25.1 Å². The van der Waals surface area contributed by atoms with Crippen LogP contribution in [0, 0.1) is 17.0 Å². The fourth-order valence-electron chi connectivity index (χ4n) is 2.48. The van der Waals surface area contributed by atoms with Gasteiger partial charge in [-0.05, 0) is 43.7 Å². The van der Waals surface area contributed by atoms with E-state index in [1.54, 1.807) is 12.1 Å². The van der Waals surface area contributed by atoms with Crippen molar-refractivity contribution in [3.8, 4) is 0 Å². The quantitative estimate of drug-likeness (QED) is 0.402. The lowest BCUT2D eigenvalue weighted by atomic mass is 10.2. The highest BCUT2D eigenvalue weighted by atomic mass is 32.1. The van der Waals surface area contributed by atoms with E-state index in [-0.39, 0.29) is 10.6 Å². The normalized spacial score (nSPS) is 11.8. The predicted octanol–water partition coefficient (Wildman–Crippen LogP) is 4.30. The van der Waals surface area contributed by atoms with Crippen molar-refractivity contribution >= 4 is 44.7 Å². The summed E-state index contributed by atoms with van der Waals surface area (Å²) in [5.74, 6) is -1.09. The number of ether oxygens (including phenoxy) is 1. The van der Waals surface area contributed by atoms with Gasteiger partial charge in [-0.25, -0.2) is 4.79 Å². The fourth-order valence-corrected chi connectivity index (χ4v) is 3.41. The molecule has 0 saturated carbocycles. The second-order valence-electron chi connectivity index (χ2n) is 6.00. The summed E-state index contributed by atoms with van der Waals surface area (Å²) >= 11 is 1.16. The third-order valence-corrected chi connectivity index (χ3v) is 4.95. The molecule has 0 spiro atoms. The largest absolute Gasteiger partial charge is 0.448 e. The Morgan fingerprint density at radius 2 is 1.96 bits per heavy atom. The number of carbonyl (C=O) groups is 2. The molecule has 1 aromatic heterocycles. The van der Waals surface area contributed by atoms with Gasteiger partial charge >= 0.3 is 5.97 Å². The molecule has 0 aliphatic rings. The number of benzene rings is 2. The molecule has 1 amide bonds. The van der Waals surface area contributed by atoms with E-state index in [0.717, 1.165) is 21.6 Å². The first-order chi connectivity index (χ1) is 12.8. The average molecular weight is 384 g/mol. The van der Waals surface area contributed by atoms with Crippen molar-refractivity contribution in [1.29, 1.82) is 0 Å². The monoisotopic (exact) mass is 384 g/mol. The number of nitrogens with zero attached hydrogens (tertiary/aromatic N) is 1. The van der Waals surface area contributed by atoms with Crippen LogP contribution < -0.4 is 5.32 Å². The number of hydrogen-bond acceptors (Lipinski definition) is 6. The van der Waals surface area contributed by atoms with Gasteiger partial charge in [0.15, 0.2) is 6.10 Å². The van der Waals surface area contributed by atoms with Crippen LogP contribution in [0.4, 0.5) is 11.4 Å². The molecule has 2 aromatic carbocycles. The molecular weight excluding hydrogens is 368 g/mol. The molecule has 7 nitrogen and oxygen atoms in total. The number of nitrogens with one attached hydrogen (secondary N) is 1. The summed E-state index contributed by atoms with van der Waals surface area (Å²) in [6, 6.07) is 13.2. The molecule has 3 aromatic rings. The van der Waals surface area contributed by atoms with Crippen LogP contribution >= 0.6 is 11.3 Å². The molecule has 0 radical (unpaired) electrons. The molecule has 0 aliphatic carbocycles. The van der Waals surface area contributed by atoms with Crippen LogP contribution in [0.25, 0.3) is 10.1 Å². The molecule has 1 heterocycles. The second-order valence-corrected chi connectivity index (χ2v) is 7.08. The molecule has 1 unspecified atom stereocenters. The first-order valence-electron chi connectivity index (χ1n) is 8.10. The summed E-state index contributed by atoms with van der Waals surface area (Å²) < 4.78 is 5.96. The van der Waals surface area contributed by atoms with Crippen molar-refractivity contribution < 1.29 is 19.2 Å². The Kier molecular flexibility index (Phi) is 5.18. The summed E-state index contributed by atoms with van der Waals surface area (Å²) in [4.78, 5) is 35.2. The second kappa shape index (κ2) is 7.55. The summed E-state index contributed by atoms with van der Waals surface area (Å²) in [6.07, 6.45) is -0.988. The summed E-state index contributed by atoms with van der Waals surface area (Å²) in [6.45, 7) is 3.39. The number of nitro benzene ring substituents is 1. The maximum atomic E-state index is 12.3. The molecule has 27 heavy (non-hydrogen) atoms. The van der Waals surface area contributed by atoms with Crippen molar-refractivity contribution in [2.24, 2.45) is 0 Å². The van der Waals surface area contributed by atoms with Gasteiger partial charge in [0.05, 0.1) is 4.92 Å². The van der Waals surface area contributed by atoms with Gasteiger partial charge in [0.1, 0.15) is 4.88 Å². The molecule has 138 valence electrons. The first kappa shape index (κ1) is 18.5. The minimum absolute atomic E-state index is 0.0499. The van der Waals surface area contributed by atoms with Crippen molar-refractivity contribution in [2.75, 3.05) is 5.32 Å². The number of amides is 1. The van der Waals surface area contributed by atoms with Gasteiger partial charge in [0.2, 0.25) is 0 Å². The number of non-ortho nitro benzene ring substituents is 1. The third-order valence-electron chi connectivity index (χ3n) is 3.85. The van der Waals surface area contributed by atoms with Crippen LogP contribution in [0.1, 0.15) is 22.2 Å². The highest BCUT2D eigenvalue weighted by Gasteiger charge is 2.21. The Bertz CT molecular complexity index is 1040. The highest BCUT2D eigenvalue weighted by Crippen LogP contribution is 2.29. The van der Waals surface area contributed by atoms with E-state index >= 15 is 0 Å². The minimum Gasteiger partial charge on any atom is -0.448 e. The van der Waals surface area contributed by atoms with Crippen molar-refractivity contribution in [3.63, 3.8) is 0 Å². The Labute approximate surface area is 158 Å². The molecule has 0 fully saturated rings. The van der Waals surface area contributed by atoms with E-state index in [4.69, 9.17) is 4.74 Å². The van der Waals surface area contributed by atoms with Gasteiger partial charge in [-0.2, -0.15) is 0 Å². The molecule has 1 N–H and O–H groups in total. The number of fused-ring (bicyclic) bond motifs is 1. The van der Waals surface area contributed by atoms with Crippen molar-refractivity contribution in [1.82, 2.24) is 0 Å². The molecule has 3 rings (SSSR count). The minimum atomic E-state index is -0.988. The molecular formula is C19H16N2O5S. The Morgan fingerprint density at radius 1 is 1.19 bits per heavy atom. The van der Waals surface area contributed by atoms with Crippen LogP contribution in [0.5, 0.6) is 0 Å². The van der Waals surface area contributed by atoms with Gasteiger partial charge in [0.25, 0.3) is 11.6 Å². The van der Waals surface area contributed by atoms with Crippen LogP contribution in [-0.4, -0.2) is 22.9 Å². The number of rotatable bonds is 5. The topological polar surface area (TPSA) is 98.5 Å². The standard InChI is InChI=1S/C19H16N2O5S/c1-11-4-3-5-14(8-11)20-18(22)12(2)26-19(23)17-10-13-9-15(21(24)25)6-7-16(13)27-17/h3-10,12H,1-2H3,(H,20,22). The number of hydrogen-bond donors (Lipinski definition) is 1. The predicted molar refractivity (Wildman–Crippen MR) is 103 cm³/mol. The zero-order chi connectivity index (χ0) is 19.6. The van der Waals surface area contributed by atoms with Gasteiger partial charge in [0, 0.05) is 27.9 Å². The van der Waals surface area contributed by atoms with E-state index < -0.39 is 22.9 Å². The van der Waals surface area contributed by atoms with Crippen molar-refractivity contribution in [2.45, 2.75) is 20.0 Å². The Balaban J connectivity index is 1.69. The zero-order valence-electron chi connectivity index (χ0n) is 14.6. The van der Waals surface area contributed by atoms with E-state index in [0.29, 0.717) is 11.1 Å². The zero-order valence-corrected chi connectivity index (χ0v) is 15.4. The Morgan fingerprint density at radius 3 is 2.67 bits per heavy atom. The van der Waals surface area contributed by atoms with Crippen LogP contribution in [0.15, 0.2) is 48.5 Å². The number of anilines is 1. The summed E-state index contributed by atoms with van der Waals surface area (Å²) in [7, 11) is 0. The number of thiophene rings is 1. The Hall–Kier alpha value is -3.26. The lowest BCUT2D eigenvalue weighted by Crippen LogP contribution is -2.29. The lowest BCUT2D eigenvalue weighted by Gasteiger charge is -2.13. The lowest BCUT2D eigenvalue weighted by molar-refractivity contribution is -0.384. The summed E-state index contributed by atoms with van der Waals surface area (Å²) in [5, 5.41) is 14.1. The summed E-state index contributed by atoms with van der Waals surface area (Å²) in [5.41, 5.74) is 1.57. The smallest absolute Gasteiger partial charge is 0.349 e. The van der Waals surface area contributed by atoms with Crippen LogP contribution in [0.2, 0.25) is 0 Å². The van der Waals surface area contributed by atoms with E-state index in [9.17, 15) is 19.7 Å². The van der Waals surface area contributed by atoms with Gasteiger partial charge in [-0.1, -0.05) is 12.1 Å². The van der Waals surface area contributed by atoms with E-state index in [2.05, 4.69) is 5.32 Å². The average Bonchev–Trinajstić information content (AvgIpc) is 3.05. The van der Waals surface area contributed by atoms with Crippen molar-refractivity contribution in [3.05, 3.63) is 69.1 Å². The number of aryl methyl sites for hydroxylation is 1. The van der Waals surface area contributed by atoms with Gasteiger partial charge in [-0.3, -0.25) is 14.9 Å². The molecule has 1 atom stereocenters. The van der Waals surface area contributed by atoms with Crippen LogP contribution in [0.3, 0.4) is 0 Å². The number of nitro groups is 1. The number of carbonyl (C=O) groups excluding carboxylic acids is 2. The number of esters is 1. The van der Waals surface area contributed by atoms with Gasteiger partial charge < -0.3 is 10.1 Å². The fraction of sp³-hybridized carbons (Fsp3) is 0.158. The van der Waals surface area contributed by atoms with Gasteiger partial charge in [-0.15, -0.1) is 11.3 Å². The molecule has 0 aliphatic heterocycles. The maximum absolute atomic E-state index is 12.3. The first-order valence-corrected chi connectivity index (χ1v) is 8.91. The SMILES string of the molecule is Cc1cccc(NC(=O)C(C)OC(=O)c2cc3cc([N+](=O)[O-])ccc3s2)c1. The van der Waals surface area contributed by atoms with Crippen LogP contribution in [-0.2, 0) is 9.53 Å². The molecule has 0 bridgehead atoms. The maximum Gasteiger partial charge on any atom is 0.349 e. The molecule has 0 saturated heterocycles. The van der Waals surface area contributed by atoms with E-state index in [1.807, 2.05) is 25.1 Å². The molecule has 8 heteroatoms. The highest BCUT2D eigenvalue weighted by molar-refractivity contribution is 7.20.